The number of unbranched alkanes of at least 4 members (excludes halogenated alkanes) is 4. The number of epoxide rings is 1. The van der Waals surface area contributed by atoms with Crippen LogP contribution in [0.2, 0.25) is 0 Å². The Labute approximate surface area is 252 Å². The average Bonchev–Trinajstić information content (AvgIpc) is 3.49. The Morgan fingerprint density at radius 3 is 2.28 bits per heavy atom. The Balaban J connectivity index is 1.85. The predicted molar refractivity (Wildman–Crippen MR) is 152 cm³/mol. The molecule has 2 aliphatic carbocycles. The molecule has 1 spiro atoms. The molecule has 11 nitrogen and oxygen atoms in total. The van der Waals surface area contributed by atoms with Gasteiger partial charge in [0.2, 0.25) is 0 Å². The van der Waals surface area contributed by atoms with Crippen molar-refractivity contribution in [2.45, 2.75) is 141 Å². The van der Waals surface area contributed by atoms with Gasteiger partial charge >= 0.3 is 23.9 Å². The fraction of sp³-hybridized carbons (Fsp3) is 0.750. The number of esters is 4. The standard InChI is InChI=1S/C32H46O11/c1-8-9-10-11-12-13-25(36)41-21-17-23(39-19(3)33)29(5)15-14-22(35)30(6,38)26(29)27(40-20(4)34)32-24(16-18(21)2)42-28(37)31(32,7)43-32/h14-16,21-24,26-27,35,38H,8-13,17H2,1-7H3/b18-16-/t21?,22-,23+,24+,26-,27?,29-,30-,31+,32+/m1/s1. The monoisotopic (exact) mass is 606 g/mol. The molecule has 2 aliphatic heterocycles. The van der Waals surface area contributed by atoms with E-state index in [1.165, 1.54) is 33.8 Å². The van der Waals surface area contributed by atoms with Crippen molar-refractivity contribution >= 4 is 23.9 Å². The highest BCUT2D eigenvalue weighted by molar-refractivity contribution is 5.89. The van der Waals surface area contributed by atoms with Crippen LogP contribution in [0.1, 0.15) is 93.4 Å². The topological polar surface area (TPSA) is 158 Å². The van der Waals surface area contributed by atoms with Crippen LogP contribution < -0.4 is 0 Å². The Bertz CT molecular complexity index is 1190. The van der Waals surface area contributed by atoms with Crippen LogP contribution in [0.25, 0.3) is 0 Å². The molecule has 11 heteroatoms. The number of carbonyl (C=O) groups excluding carboxylic acids is 4. The maximum absolute atomic E-state index is 13.2. The van der Waals surface area contributed by atoms with Crippen LogP contribution in [-0.2, 0) is 42.9 Å². The molecular formula is C32H46O11. The maximum Gasteiger partial charge on any atom is 0.342 e. The van der Waals surface area contributed by atoms with Crippen molar-refractivity contribution in [1.29, 1.82) is 0 Å². The van der Waals surface area contributed by atoms with E-state index in [2.05, 4.69) is 6.92 Å². The molecular weight excluding hydrogens is 560 g/mol. The fourth-order valence-corrected chi connectivity index (χ4v) is 7.33. The lowest BCUT2D eigenvalue weighted by Gasteiger charge is -2.54. The summed E-state index contributed by atoms with van der Waals surface area (Å²) in [6, 6.07) is 0. The molecule has 4 aliphatic rings. The van der Waals surface area contributed by atoms with E-state index in [9.17, 15) is 29.4 Å². The molecule has 0 bridgehead atoms. The number of aliphatic hydroxyl groups excluding tert-OH is 1. The van der Waals surface area contributed by atoms with E-state index >= 15 is 0 Å². The number of rotatable bonds is 9. The molecule has 4 rings (SSSR count). The summed E-state index contributed by atoms with van der Waals surface area (Å²) in [5.74, 6) is -3.59. The molecule has 0 amide bonds. The van der Waals surface area contributed by atoms with Crippen LogP contribution >= 0.6 is 0 Å². The predicted octanol–water partition coefficient (Wildman–Crippen LogP) is 3.23. The van der Waals surface area contributed by atoms with Crippen molar-refractivity contribution < 1.29 is 53.1 Å². The van der Waals surface area contributed by atoms with Gasteiger partial charge in [0.05, 0.1) is 5.60 Å². The lowest BCUT2D eigenvalue weighted by molar-refractivity contribution is -0.215. The Morgan fingerprint density at radius 1 is 1.02 bits per heavy atom. The largest absolute Gasteiger partial charge is 0.461 e. The molecule has 2 N–H and O–H groups in total. The summed E-state index contributed by atoms with van der Waals surface area (Å²) in [7, 11) is 0. The van der Waals surface area contributed by atoms with Crippen molar-refractivity contribution in [1.82, 2.24) is 0 Å². The minimum atomic E-state index is -1.96. The van der Waals surface area contributed by atoms with Gasteiger partial charge < -0.3 is 33.9 Å². The minimum absolute atomic E-state index is 0.00835. The first-order valence-corrected chi connectivity index (χ1v) is 15.3. The third kappa shape index (κ3) is 5.76. The summed E-state index contributed by atoms with van der Waals surface area (Å²) < 4.78 is 29.7. The van der Waals surface area contributed by atoms with E-state index in [-0.39, 0.29) is 12.8 Å². The fourth-order valence-electron chi connectivity index (χ4n) is 7.33. The maximum atomic E-state index is 13.2. The van der Waals surface area contributed by atoms with Gasteiger partial charge in [-0.1, -0.05) is 51.7 Å². The van der Waals surface area contributed by atoms with Gasteiger partial charge in [-0.25, -0.2) is 4.79 Å². The molecule has 0 saturated carbocycles. The minimum Gasteiger partial charge on any atom is -0.461 e. The quantitative estimate of drug-likeness (QED) is 0.130. The lowest BCUT2D eigenvalue weighted by Crippen LogP contribution is -2.67. The van der Waals surface area contributed by atoms with Crippen molar-refractivity contribution in [3.05, 3.63) is 23.8 Å². The summed E-state index contributed by atoms with van der Waals surface area (Å²) in [5, 5.41) is 22.9. The second kappa shape index (κ2) is 12.0. The zero-order chi connectivity index (χ0) is 32.0. The Hall–Kier alpha value is -2.76. The molecule has 0 aromatic rings. The van der Waals surface area contributed by atoms with E-state index in [0.717, 1.165) is 25.7 Å². The van der Waals surface area contributed by atoms with Crippen molar-refractivity contribution in [3.63, 3.8) is 0 Å². The first-order chi connectivity index (χ1) is 20.0. The van der Waals surface area contributed by atoms with Crippen LogP contribution in [-0.4, -0.2) is 81.4 Å². The summed E-state index contributed by atoms with van der Waals surface area (Å²) >= 11 is 0. The van der Waals surface area contributed by atoms with E-state index in [0.29, 0.717) is 12.0 Å². The van der Waals surface area contributed by atoms with E-state index < -0.39 is 82.5 Å². The second-order valence-electron chi connectivity index (χ2n) is 13.0. The number of hydrogen-bond donors (Lipinski definition) is 2. The SMILES string of the molecule is CCCCCCCC(=O)OC1C[C@H](OC(C)=O)[C@@]2(C)C=C[C@@H](O)[C@@](C)(O)[C@@H]2C(OC(C)=O)[C@]23O[C@@]2(C)C(=O)O[C@H]3/C=C\1C. The van der Waals surface area contributed by atoms with E-state index in [1.807, 2.05) is 0 Å². The van der Waals surface area contributed by atoms with Crippen LogP contribution in [0.5, 0.6) is 0 Å². The summed E-state index contributed by atoms with van der Waals surface area (Å²) in [6.45, 7) is 10.9. The number of carbonyl (C=O) groups is 4. The van der Waals surface area contributed by atoms with E-state index in [1.54, 1.807) is 26.0 Å². The van der Waals surface area contributed by atoms with Gasteiger partial charge in [-0.3, -0.25) is 14.4 Å². The van der Waals surface area contributed by atoms with Gasteiger partial charge in [0.1, 0.15) is 24.4 Å². The van der Waals surface area contributed by atoms with Gasteiger partial charge in [0, 0.05) is 38.0 Å². The van der Waals surface area contributed by atoms with Crippen molar-refractivity contribution in [2.24, 2.45) is 11.3 Å². The molecule has 0 aromatic carbocycles. The molecule has 240 valence electrons. The molecule has 0 aromatic heterocycles. The van der Waals surface area contributed by atoms with Gasteiger partial charge in [-0.2, -0.15) is 0 Å². The first-order valence-electron chi connectivity index (χ1n) is 15.3. The third-order valence-electron chi connectivity index (χ3n) is 9.79. The number of hydrogen-bond acceptors (Lipinski definition) is 11. The summed E-state index contributed by atoms with van der Waals surface area (Å²) in [4.78, 5) is 51.3. The smallest absolute Gasteiger partial charge is 0.342 e. The lowest BCUT2D eigenvalue weighted by atomic mass is 9.55. The van der Waals surface area contributed by atoms with Gasteiger partial charge in [0.25, 0.3) is 0 Å². The molecule has 2 heterocycles. The average molecular weight is 607 g/mol. The second-order valence-corrected chi connectivity index (χ2v) is 13.0. The highest BCUT2D eigenvalue weighted by atomic mass is 16.7. The number of aliphatic hydroxyl groups is 2. The highest BCUT2D eigenvalue weighted by Gasteiger charge is 2.87. The first kappa shape index (κ1) is 33.1. The van der Waals surface area contributed by atoms with Gasteiger partial charge in [0.15, 0.2) is 17.3 Å². The molecule has 0 radical (unpaired) electrons. The normalized spacial score (nSPS) is 42.7. The molecule has 10 atom stereocenters. The zero-order valence-corrected chi connectivity index (χ0v) is 26.2. The van der Waals surface area contributed by atoms with Crippen LogP contribution in [0.4, 0.5) is 0 Å². The van der Waals surface area contributed by atoms with Crippen LogP contribution in [0.15, 0.2) is 23.8 Å². The Morgan fingerprint density at radius 2 is 1.67 bits per heavy atom. The van der Waals surface area contributed by atoms with Crippen molar-refractivity contribution in [2.75, 3.05) is 0 Å². The third-order valence-corrected chi connectivity index (χ3v) is 9.79. The molecule has 2 saturated heterocycles. The molecule has 43 heavy (non-hydrogen) atoms. The molecule has 2 unspecified atom stereocenters. The Kier molecular flexibility index (Phi) is 9.22. The van der Waals surface area contributed by atoms with Gasteiger partial charge in [-0.15, -0.1) is 0 Å². The van der Waals surface area contributed by atoms with E-state index in [4.69, 9.17) is 23.7 Å². The molecule has 2 fully saturated rings. The number of fused-ring (bicyclic) bond motifs is 1. The highest BCUT2D eigenvalue weighted by Crippen LogP contribution is 2.65. The van der Waals surface area contributed by atoms with Crippen molar-refractivity contribution in [3.8, 4) is 0 Å². The van der Waals surface area contributed by atoms with Gasteiger partial charge in [-0.05, 0) is 38.8 Å². The van der Waals surface area contributed by atoms with Crippen LogP contribution in [0, 0.1) is 11.3 Å². The zero-order valence-electron chi connectivity index (χ0n) is 26.2. The number of ether oxygens (including phenoxy) is 5. The van der Waals surface area contributed by atoms with Crippen LogP contribution in [0.3, 0.4) is 0 Å². The summed E-state index contributed by atoms with van der Waals surface area (Å²) in [6.07, 6.45) is 3.91. The summed E-state index contributed by atoms with van der Waals surface area (Å²) in [5.41, 5.74) is -5.84.